The van der Waals surface area contributed by atoms with E-state index in [0.29, 0.717) is 5.92 Å². The summed E-state index contributed by atoms with van der Waals surface area (Å²) < 4.78 is 1.56. The Morgan fingerprint density at radius 1 is 1.44 bits per heavy atom. The van der Waals surface area contributed by atoms with Gasteiger partial charge in [-0.15, -0.1) is 0 Å². The zero-order valence-corrected chi connectivity index (χ0v) is 12.5. The third kappa shape index (κ3) is 2.61. The van der Waals surface area contributed by atoms with Gasteiger partial charge in [-0.25, -0.2) is 0 Å². The number of benzene rings is 1. The monoisotopic (exact) mass is 385 g/mol. The van der Waals surface area contributed by atoms with Crippen LogP contribution in [0.5, 0.6) is 0 Å². The van der Waals surface area contributed by atoms with Crippen molar-refractivity contribution in [2.24, 2.45) is 5.92 Å². The number of nitrogens with one attached hydrogen (secondary N) is 1. The quantitative estimate of drug-likeness (QED) is 0.850. The van der Waals surface area contributed by atoms with E-state index in [1.54, 1.807) is 23.3 Å². The third-order valence-electron chi connectivity index (χ3n) is 3.08. The molecular weight excluding hydrogens is 368 g/mol. The van der Waals surface area contributed by atoms with Crippen molar-refractivity contribution in [2.45, 2.75) is 12.8 Å². The second-order valence-corrected chi connectivity index (χ2v) is 5.73. The fraction of sp³-hybridized carbons (Fsp3) is 0.462. The molecule has 2 rings (SSSR count). The Hall–Kier alpha value is -0.462. The molecule has 0 amide bonds. The molecule has 0 bridgehead atoms. The summed E-state index contributed by atoms with van der Waals surface area (Å²) in [6.45, 7) is 2.32. The zero-order chi connectivity index (χ0) is 11.4. The first-order valence-electron chi connectivity index (χ1n) is 5.76. The van der Waals surface area contributed by atoms with Crippen molar-refractivity contribution in [1.82, 2.24) is 5.32 Å². The molecule has 1 aliphatic rings. The van der Waals surface area contributed by atoms with Gasteiger partial charge in [0.2, 0.25) is 0 Å². The Morgan fingerprint density at radius 2 is 2.25 bits per heavy atom. The van der Waals surface area contributed by atoms with Gasteiger partial charge in [-0.05, 0) is 0 Å². The van der Waals surface area contributed by atoms with Crippen molar-refractivity contribution in [3.8, 4) is 0 Å². The summed E-state index contributed by atoms with van der Waals surface area (Å²) in [7, 11) is 1.88. The molecule has 1 heterocycles. The molecule has 3 heteroatoms. The number of para-hydroxylation sites is 1. The topological polar surface area (TPSA) is 26.1 Å². The molecular formula is C13H17N2W-. The minimum atomic E-state index is 0.714. The van der Waals surface area contributed by atoms with Crippen molar-refractivity contribution in [2.75, 3.05) is 20.1 Å². The van der Waals surface area contributed by atoms with Crippen molar-refractivity contribution in [3.63, 3.8) is 0 Å². The molecule has 1 atom stereocenters. The molecule has 0 saturated carbocycles. The second-order valence-electron chi connectivity index (χ2n) is 4.15. The first-order valence-corrected chi connectivity index (χ1v) is 7.23. The van der Waals surface area contributed by atoms with Crippen molar-refractivity contribution < 1.29 is 19.4 Å². The molecule has 0 spiro atoms. The summed E-state index contributed by atoms with van der Waals surface area (Å²) in [6, 6.07) is 8.49. The predicted molar refractivity (Wildman–Crippen MR) is 65.1 cm³/mol. The Morgan fingerprint density at radius 3 is 2.94 bits per heavy atom. The van der Waals surface area contributed by atoms with E-state index in [0.717, 1.165) is 12.2 Å². The average molecular weight is 385 g/mol. The van der Waals surface area contributed by atoms with Gasteiger partial charge in [-0.2, -0.15) is 0 Å². The number of hydrogen-bond acceptors (Lipinski definition) is 1. The van der Waals surface area contributed by atoms with E-state index in [2.05, 4.69) is 34.9 Å². The minimum absolute atomic E-state index is 0.714. The summed E-state index contributed by atoms with van der Waals surface area (Å²) in [4.78, 5) is 0. The molecule has 1 saturated heterocycles. The van der Waals surface area contributed by atoms with Gasteiger partial charge >= 0.3 is 108 Å². The van der Waals surface area contributed by atoms with Crippen molar-refractivity contribution in [1.29, 1.82) is 0 Å². The van der Waals surface area contributed by atoms with Gasteiger partial charge in [-0.3, -0.25) is 0 Å². The third-order valence-corrected chi connectivity index (χ3v) is 5.07. The van der Waals surface area contributed by atoms with E-state index in [1.165, 1.54) is 24.9 Å². The van der Waals surface area contributed by atoms with E-state index in [1.807, 2.05) is 7.05 Å². The summed E-state index contributed by atoms with van der Waals surface area (Å²) in [5, 5.41) is 7.84. The fourth-order valence-electron chi connectivity index (χ4n) is 2.17. The maximum atomic E-state index is 4.36. The zero-order valence-electron chi connectivity index (χ0n) is 9.57. The summed E-state index contributed by atoms with van der Waals surface area (Å²) >= 11 is 1.58. The molecule has 1 fully saturated rings. The molecule has 1 aromatic rings. The van der Waals surface area contributed by atoms with Gasteiger partial charge in [-0.1, -0.05) is 0 Å². The normalized spacial score (nSPS) is 20.4. The van der Waals surface area contributed by atoms with Gasteiger partial charge in [0.05, 0.1) is 0 Å². The Balaban J connectivity index is 2.19. The van der Waals surface area contributed by atoms with Crippen LogP contribution >= 0.6 is 0 Å². The van der Waals surface area contributed by atoms with Gasteiger partial charge in [0.25, 0.3) is 0 Å². The number of nitrogens with zero attached hydrogens (tertiary/aromatic N) is 1. The van der Waals surface area contributed by atoms with E-state index in [4.69, 9.17) is 0 Å². The van der Waals surface area contributed by atoms with Crippen LogP contribution in [0.4, 0.5) is 5.69 Å². The summed E-state index contributed by atoms with van der Waals surface area (Å²) in [5.74, 6) is 0.714. The number of hydrogen-bond donors (Lipinski definition) is 1. The van der Waals surface area contributed by atoms with E-state index >= 15 is 0 Å². The molecule has 0 aliphatic carbocycles. The van der Waals surface area contributed by atoms with Crippen LogP contribution in [0, 0.1) is 5.92 Å². The Labute approximate surface area is 108 Å². The summed E-state index contributed by atoms with van der Waals surface area (Å²) in [6.07, 6.45) is 2.62. The van der Waals surface area contributed by atoms with E-state index < -0.39 is 0 Å². The van der Waals surface area contributed by atoms with Crippen LogP contribution in [-0.4, -0.2) is 24.0 Å². The molecule has 0 radical (unpaired) electrons. The Bertz CT molecular complexity index is 370. The number of rotatable bonds is 3. The molecule has 1 unspecified atom stereocenters. The van der Waals surface area contributed by atoms with Crippen LogP contribution in [0.15, 0.2) is 24.3 Å². The van der Waals surface area contributed by atoms with Crippen LogP contribution < -0.4 is 5.32 Å². The van der Waals surface area contributed by atoms with Gasteiger partial charge in [0.1, 0.15) is 0 Å². The van der Waals surface area contributed by atoms with Gasteiger partial charge in [0.15, 0.2) is 0 Å². The second kappa shape index (κ2) is 5.74. The van der Waals surface area contributed by atoms with Crippen LogP contribution in [0.25, 0.3) is 5.32 Å². The van der Waals surface area contributed by atoms with Gasteiger partial charge in [0, 0.05) is 0 Å². The maximum absolute atomic E-state index is 4.36. The first-order chi connectivity index (χ1) is 7.83. The fourth-order valence-corrected chi connectivity index (χ4v) is 3.52. The predicted octanol–water partition coefficient (Wildman–Crippen LogP) is 2.39. The van der Waals surface area contributed by atoms with Crippen molar-refractivity contribution in [3.05, 3.63) is 35.1 Å². The summed E-state index contributed by atoms with van der Waals surface area (Å²) in [5.41, 5.74) is 2.49. The van der Waals surface area contributed by atoms with Crippen molar-refractivity contribution >= 4 is 9.59 Å². The molecule has 1 N–H and O–H groups in total. The molecule has 2 nitrogen and oxygen atoms in total. The van der Waals surface area contributed by atoms with Crippen LogP contribution in [0.1, 0.15) is 18.4 Å². The van der Waals surface area contributed by atoms with Crippen LogP contribution in [0.2, 0.25) is 0 Å². The molecule has 86 valence electrons. The Kier molecular flexibility index (Phi) is 4.31. The molecule has 1 aliphatic heterocycles. The molecule has 0 aromatic heterocycles. The van der Waals surface area contributed by atoms with Gasteiger partial charge < -0.3 is 0 Å². The first kappa shape index (κ1) is 12.0. The van der Waals surface area contributed by atoms with Crippen LogP contribution in [-0.2, 0) is 19.4 Å². The van der Waals surface area contributed by atoms with Crippen LogP contribution in [0.3, 0.4) is 0 Å². The molecule has 16 heavy (non-hydrogen) atoms. The van der Waals surface area contributed by atoms with E-state index in [-0.39, 0.29) is 0 Å². The molecule has 1 aromatic carbocycles. The standard InChI is InChI=1S/C13H17N2.W/c1-14-13-7-3-2-6-12(13)9-11-5-4-8-15-10-11;/h2-3,6-7,11,15H,4-5,8,10H2,1H3;/q-1;. The average Bonchev–Trinajstić information content (AvgIpc) is 2.39. The van der Waals surface area contributed by atoms with E-state index in [9.17, 15) is 0 Å². The number of piperidine rings is 1. The SMILES string of the molecule is C[N-]c1ccccc1[C](=[W])C1CCCNC1.